The molecule has 0 bridgehead atoms. The second-order valence-corrected chi connectivity index (χ2v) is 8.23. The van der Waals surface area contributed by atoms with Crippen molar-refractivity contribution < 1.29 is 14.3 Å². The fourth-order valence-electron chi connectivity index (χ4n) is 2.56. The first kappa shape index (κ1) is 24.8. The van der Waals surface area contributed by atoms with Crippen LogP contribution in [-0.4, -0.2) is 34.2 Å². The van der Waals surface area contributed by atoms with Crippen LogP contribution in [-0.2, 0) is 4.74 Å². The summed E-state index contributed by atoms with van der Waals surface area (Å²) >= 11 is 3.61. The maximum Gasteiger partial charge on any atom is 0.412 e. The number of carbonyl (C=O) groups is 1. The van der Waals surface area contributed by atoms with Gasteiger partial charge >= 0.3 is 6.09 Å². The predicted molar refractivity (Wildman–Crippen MR) is 122 cm³/mol. The highest BCUT2D eigenvalue weighted by molar-refractivity contribution is 9.09. The van der Waals surface area contributed by atoms with E-state index >= 15 is 0 Å². The Morgan fingerprint density at radius 2 is 1.93 bits per heavy atom. The van der Waals surface area contributed by atoms with Crippen molar-refractivity contribution in [2.45, 2.75) is 65.1 Å². The number of amides is 1. The third-order valence-electron chi connectivity index (χ3n) is 3.55. The average molecular weight is 463 g/mol. The zero-order valence-electron chi connectivity index (χ0n) is 18.3. The second-order valence-electron chi connectivity index (χ2n) is 7.37. The molecule has 0 N–H and O–H groups in total. The molecule has 1 amide bonds. The Morgan fingerprint density at radius 3 is 2.48 bits per heavy atom. The predicted octanol–water partition coefficient (Wildman–Crippen LogP) is 6.31. The van der Waals surface area contributed by atoms with Crippen molar-refractivity contribution in [1.82, 2.24) is 9.88 Å². The van der Waals surface area contributed by atoms with Crippen molar-refractivity contribution in [3.05, 3.63) is 36.0 Å². The standard InChI is InChI=1S/C21H25BrN2O3.C2H6/c1-7-13-24(20(25)26-14(2)3)19(22)16-10-11-17(27-21(4,5)6)18-15(16)9-8-12-23-18;1-2/h1,8-12,14,19H,13H2,2-6H3;1-2H3. The summed E-state index contributed by atoms with van der Waals surface area (Å²) in [5.74, 6) is 3.21. The van der Waals surface area contributed by atoms with Crippen molar-refractivity contribution in [3.8, 4) is 18.1 Å². The van der Waals surface area contributed by atoms with Gasteiger partial charge in [-0.25, -0.2) is 4.79 Å². The number of benzene rings is 1. The lowest BCUT2D eigenvalue weighted by atomic mass is 10.1. The fourth-order valence-corrected chi connectivity index (χ4v) is 3.27. The van der Waals surface area contributed by atoms with Crippen LogP contribution in [0.2, 0.25) is 0 Å². The second kappa shape index (κ2) is 11.1. The molecule has 2 aromatic rings. The number of hydrogen-bond donors (Lipinski definition) is 0. The number of halogens is 1. The van der Waals surface area contributed by atoms with Crippen LogP contribution in [0.4, 0.5) is 4.79 Å². The molecule has 1 aromatic carbocycles. The van der Waals surface area contributed by atoms with Gasteiger partial charge in [-0.2, -0.15) is 0 Å². The molecule has 1 atom stereocenters. The summed E-state index contributed by atoms with van der Waals surface area (Å²) in [5, 5.41) is 0.875. The van der Waals surface area contributed by atoms with Crippen molar-refractivity contribution >= 4 is 32.9 Å². The summed E-state index contributed by atoms with van der Waals surface area (Å²) in [7, 11) is 0. The smallest absolute Gasteiger partial charge is 0.412 e. The number of pyridine rings is 1. The van der Waals surface area contributed by atoms with Gasteiger partial charge in [-0.05, 0) is 52.3 Å². The molecule has 0 spiro atoms. The molecular formula is C23H31BrN2O3. The fraction of sp³-hybridized carbons (Fsp3) is 0.478. The van der Waals surface area contributed by atoms with Gasteiger partial charge in [-0.1, -0.05) is 47.8 Å². The molecule has 2 rings (SSSR count). The lowest BCUT2D eigenvalue weighted by molar-refractivity contribution is 0.0784. The Morgan fingerprint density at radius 1 is 1.28 bits per heavy atom. The number of aromatic nitrogens is 1. The zero-order valence-corrected chi connectivity index (χ0v) is 19.9. The maximum absolute atomic E-state index is 12.5. The maximum atomic E-state index is 12.5. The first-order valence-electron chi connectivity index (χ1n) is 9.75. The van der Waals surface area contributed by atoms with Gasteiger partial charge in [0.2, 0.25) is 0 Å². The van der Waals surface area contributed by atoms with Crippen LogP contribution in [0.15, 0.2) is 30.5 Å². The van der Waals surface area contributed by atoms with Crippen LogP contribution >= 0.6 is 15.9 Å². The minimum absolute atomic E-state index is 0.115. The normalized spacial score (nSPS) is 11.9. The van der Waals surface area contributed by atoms with Gasteiger partial charge < -0.3 is 9.47 Å². The molecule has 1 unspecified atom stereocenters. The van der Waals surface area contributed by atoms with E-state index in [9.17, 15) is 4.79 Å². The van der Waals surface area contributed by atoms with Crippen molar-refractivity contribution in [2.75, 3.05) is 6.54 Å². The molecule has 0 radical (unpaired) electrons. The molecule has 1 heterocycles. The zero-order chi connectivity index (χ0) is 22.2. The van der Waals surface area contributed by atoms with Crippen LogP contribution < -0.4 is 4.74 Å². The quantitative estimate of drug-likeness (QED) is 0.296. The number of alkyl halides is 1. The van der Waals surface area contributed by atoms with Crippen LogP contribution in [0.1, 0.15) is 59.0 Å². The molecule has 0 aliphatic carbocycles. The van der Waals surface area contributed by atoms with E-state index in [0.29, 0.717) is 5.75 Å². The van der Waals surface area contributed by atoms with E-state index in [4.69, 9.17) is 15.9 Å². The minimum atomic E-state index is -0.475. The Hall–Kier alpha value is -2.26. The first-order chi connectivity index (χ1) is 13.6. The number of hydrogen-bond acceptors (Lipinski definition) is 4. The lowest BCUT2D eigenvalue weighted by Gasteiger charge is -2.28. The highest BCUT2D eigenvalue weighted by Gasteiger charge is 2.27. The van der Waals surface area contributed by atoms with E-state index in [0.717, 1.165) is 16.5 Å². The van der Waals surface area contributed by atoms with Crippen molar-refractivity contribution in [1.29, 1.82) is 0 Å². The third-order valence-corrected chi connectivity index (χ3v) is 4.53. The summed E-state index contributed by atoms with van der Waals surface area (Å²) in [5.41, 5.74) is 1.23. The first-order valence-corrected chi connectivity index (χ1v) is 10.7. The van der Waals surface area contributed by atoms with Gasteiger partial charge in [0.25, 0.3) is 0 Å². The number of rotatable bonds is 5. The monoisotopic (exact) mass is 462 g/mol. The molecule has 29 heavy (non-hydrogen) atoms. The molecule has 158 valence electrons. The topological polar surface area (TPSA) is 51.7 Å². The molecule has 1 aromatic heterocycles. The largest absolute Gasteiger partial charge is 0.486 e. The van der Waals surface area contributed by atoms with E-state index in [1.807, 2.05) is 58.9 Å². The van der Waals surface area contributed by atoms with E-state index in [1.165, 1.54) is 4.90 Å². The van der Waals surface area contributed by atoms with E-state index in [1.54, 1.807) is 20.0 Å². The molecule has 0 saturated heterocycles. The molecule has 0 saturated carbocycles. The van der Waals surface area contributed by atoms with E-state index < -0.39 is 11.0 Å². The van der Waals surface area contributed by atoms with Gasteiger partial charge in [-0.3, -0.25) is 9.88 Å². The molecule has 0 fully saturated rings. The molecule has 5 nitrogen and oxygen atoms in total. The summed E-state index contributed by atoms with van der Waals surface area (Å²) in [6, 6.07) is 7.58. The molecule has 6 heteroatoms. The number of terminal acetylenes is 1. The Balaban J connectivity index is 0.00000204. The van der Waals surface area contributed by atoms with Gasteiger partial charge in [0.05, 0.1) is 12.6 Å². The number of fused-ring (bicyclic) bond motifs is 1. The average Bonchev–Trinajstić information content (AvgIpc) is 2.65. The Labute approximate surface area is 182 Å². The minimum Gasteiger partial charge on any atom is -0.486 e. The van der Waals surface area contributed by atoms with Crippen LogP contribution in [0.25, 0.3) is 10.9 Å². The Kier molecular flexibility index (Phi) is 9.45. The van der Waals surface area contributed by atoms with Crippen molar-refractivity contribution in [3.63, 3.8) is 0 Å². The van der Waals surface area contributed by atoms with E-state index in [2.05, 4.69) is 26.8 Å². The van der Waals surface area contributed by atoms with Crippen LogP contribution in [0.3, 0.4) is 0 Å². The summed E-state index contributed by atoms with van der Waals surface area (Å²) in [6.45, 7) is 13.7. The summed E-state index contributed by atoms with van der Waals surface area (Å²) in [4.78, 5) is 18.0. The van der Waals surface area contributed by atoms with Gasteiger partial charge in [0.15, 0.2) is 0 Å². The molecular weight excluding hydrogens is 432 g/mol. The van der Waals surface area contributed by atoms with Crippen LogP contribution in [0, 0.1) is 12.3 Å². The molecule has 0 aliphatic heterocycles. The summed E-state index contributed by atoms with van der Waals surface area (Å²) in [6.07, 6.45) is 6.47. The van der Waals surface area contributed by atoms with Gasteiger partial charge in [-0.15, -0.1) is 6.42 Å². The third kappa shape index (κ3) is 6.93. The van der Waals surface area contributed by atoms with Gasteiger partial charge in [0, 0.05) is 11.6 Å². The number of ether oxygens (including phenoxy) is 2. The Bertz CT molecular complexity index is 853. The van der Waals surface area contributed by atoms with Crippen molar-refractivity contribution in [2.24, 2.45) is 0 Å². The SMILES string of the molecule is C#CCN(C(=O)OC(C)C)C(Br)c1ccc(OC(C)(C)C)c2ncccc12.CC. The number of nitrogens with zero attached hydrogens (tertiary/aromatic N) is 2. The number of carbonyl (C=O) groups excluding carboxylic acids is 1. The van der Waals surface area contributed by atoms with Crippen LogP contribution in [0.5, 0.6) is 5.75 Å². The molecule has 0 aliphatic rings. The van der Waals surface area contributed by atoms with E-state index in [-0.39, 0.29) is 18.2 Å². The summed E-state index contributed by atoms with van der Waals surface area (Å²) < 4.78 is 11.4. The van der Waals surface area contributed by atoms with Gasteiger partial charge in [0.1, 0.15) is 21.8 Å². The highest BCUT2D eigenvalue weighted by atomic mass is 79.9. The lowest BCUT2D eigenvalue weighted by Crippen LogP contribution is -2.34. The highest BCUT2D eigenvalue weighted by Crippen LogP contribution is 2.37.